The third-order valence-corrected chi connectivity index (χ3v) is 1.19. The van der Waals surface area contributed by atoms with Gasteiger partial charge in [-0.3, -0.25) is 9.78 Å². The van der Waals surface area contributed by atoms with Crippen LogP contribution in [0.1, 0.15) is 16.1 Å². The number of aldehydes is 1. The van der Waals surface area contributed by atoms with Crippen LogP contribution in [0.25, 0.3) is 0 Å². The highest BCUT2D eigenvalue weighted by Crippen LogP contribution is 1.95. The second kappa shape index (κ2) is 3.08. The van der Waals surface area contributed by atoms with Crippen molar-refractivity contribution in [2.75, 3.05) is 0 Å². The first-order chi connectivity index (χ1) is 4.86. The SMILES string of the molecule is NCc1ccc(C=O)cn1. The van der Waals surface area contributed by atoms with Crippen LogP contribution in [-0.2, 0) is 6.54 Å². The molecular formula is C7H8N2O. The van der Waals surface area contributed by atoms with Gasteiger partial charge in [0.1, 0.15) is 0 Å². The summed E-state index contributed by atoms with van der Waals surface area (Å²) in [5.74, 6) is 0. The largest absolute Gasteiger partial charge is 0.325 e. The summed E-state index contributed by atoms with van der Waals surface area (Å²) in [4.78, 5) is 14.0. The lowest BCUT2D eigenvalue weighted by molar-refractivity contribution is 0.112. The van der Waals surface area contributed by atoms with Crippen LogP contribution >= 0.6 is 0 Å². The van der Waals surface area contributed by atoms with Crippen LogP contribution in [0.3, 0.4) is 0 Å². The Balaban J connectivity index is 2.90. The molecule has 1 aromatic rings. The standard InChI is InChI=1S/C7H8N2O/c8-3-7-2-1-6(5-10)4-9-7/h1-2,4-5H,3,8H2. The van der Waals surface area contributed by atoms with Crippen LogP contribution in [0.15, 0.2) is 18.3 Å². The Bertz CT molecular complexity index is 218. The molecular weight excluding hydrogens is 128 g/mol. The molecule has 0 bridgehead atoms. The van der Waals surface area contributed by atoms with Crippen molar-refractivity contribution in [2.24, 2.45) is 5.73 Å². The molecule has 52 valence electrons. The number of carbonyl (C=O) groups excluding carboxylic acids is 1. The minimum Gasteiger partial charge on any atom is -0.325 e. The van der Waals surface area contributed by atoms with E-state index in [1.165, 1.54) is 6.20 Å². The van der Waals surface area contributed by atoms with Gasteiger partial charge in [0.25, 0.3) is 0 Å². The zero-order valence-corrected chi connectivity index (χ0v) is 5.45. The van der Waals surface area contributed by atoms with Crippen LogP contribution in [-0.4, -0.2) is 11.3 Å². The number of nitrogens with zero attached hydrogens (tertiary/aromatic N) is 1. The van der Waals surface area contributed by atoms with E-state index in [1.54, 1.807) is 12.1 Å². The summed E-state index contributed by atoms with van der Waals surface area (Å²) >= 11 is 0. The van der Waals surface area contributed by atoms with E-state index in [2.05, 4.69) is 4.98 Å². The molecule has 0 aromatic carbocycles. The van der Waals surface area contributed by atoms with Gasteiger partial charge in [-0.15, -0.1) is 0 Å². The summed E-state index contributed by atoms with van der Waals surface area (Å²) < 4.78 is 0. The molecule has 3 heteroatoms. The predicted octanol–water partition coefficient (Wildman–Crippen LogP) is 0.353. The molecule has 10 heavy (non-hydrogen) atoms. The number of carbonyl (C=O) groups is 1. The van der Waals surface area contributed by atoms with E-state index in [1.807, 2.05) is 0 Å². The first-order valence-electron chi connectivity index (χ1n) is 2.97. The first kappa shape index (κ1) is 6.89. The Kier molecular flexibility index (Phi) is 2.12. The van der Waals surface area contributed by atoms with Gasteiger partial charge in [-0.25, -0.2) is 0 Å². The number of rotatable bonds is 2. The van der Waals surface area contributed by atoms with Crippen LogP contribution < -0.4 is 5.73 Å². The van der Waals surface area contributed by atoms with Crippen LogP contribution in [0.4, 0.5) is 0 Å². The van der Waals surface area contributed by atoms with E-state index in [4.69, 9.17) is 5.73 Å². The Hall–Kier alpha value is -1.22. The predicted molar refractivity (Wildman–Crippen MR) is 37.5 cm³/mol. The molecule has 0 atom stereocenters. The lowest BCUT2D eigenvalue weighted by Gasteiger charge is -1.93. The maximum Gasteiger partial charge on any atom is 0.151 e. The third-order valence-electron chi connectivity index (χ3n) is 1.19. The van der Waals surface area contributed by atoms with Gasteiger partial charge in [0.05, 0.1) is 5.69 Å². The molecule has 0 fully saturated rings. The van der Waals surface area contributed by atoms with E-state index in [0.29, 0.717) is 12.1 Å². The molecule has 0 amide bonds. The van der Waals surface area contributed by atoms with Crippen LogP contribution in [0.5, 0.6) is 0 Å². The van der Waals surface area contributed by atoms with Crippen molar-refractivity contribution in [1.29, 1.82) is 0 Å². The molecule has 2 N–H and O–H groups in total. The van der Waals surface area contributed by atoms with E-state index in [0.717, 1.165) is 12.0 Å². The monoisotopic (exact) mass is 136 g/mol. The highest BCUT2D eigenvalue weighted by molar-refractivity contribution is 5.73. The molecule has 0 aliphatic carbocycles. The summed E-state index contributed by atoms with van der Waals surface area (Å²) in [6.45, 7) is 0.416. The Morgan fingerprint density at radius 3 is 2.80 bits per heavy atom. The van der Waals surface area contributed by atoms with Crippen LogP contribution in [0.2, 0.25) is 0 Å². The van der Waals surface area contributed by atoms with Gasteiger partial charge in [0.15, 0.2) is 6.29 Å². The Morgan fingerprint density at radius 2 is 2.40 bits per heavy atom. The molecule has 3 nitrogen and oxygen atoms in total. The van der Waals surface area contributed by atoms with Crippen molar-refractivity contribution in [3.05, 3.63) is 29.6 Å². The van der Waals surface area contributed by atoms with Gasteiger partial charge in [-0.1, -0.05) is 0 Å². The van der Waals surface area contributed by atoms with Crippen molar-refractivity contribution < 1.29 is 4.79 Å². The fourth-order valence-corrected chi connectivity index (χ4v) is 0.626. The lowest BCUT2D eigenvalue weighted by atomic mass is 10.3. The number of aromatic nitrogens is 1. The second-order valence-corrected chi connectivity index (χ2v) is 1.90. The molecule has 0 radical (unpaired) electrons. The van der Waals surface area contributed by atoms with E-state index >= 15 is 0 Å². The van der Waals surface area contributed by atoms with Crippen molar-refractivity contribution in [1.82, 2.24) is 4.98 Å². The molecule has 0 unspecified atom stereocenters. The molecule has 0 aliphatic rings. The summed E-state index contributed by atoms with van der Waals surface area (Å²) in [7, 11) is 0. The quantitative estimate of drug-likeness (QED) is 0.597. The van der Waals surface area contributed by atoms with E-state index < -0.39 is 0 Å². The minimum atomic E-state index is 0.416. The molecule has 0 saturated heterocycles. The van der Waals surface area contributed by atoms with Gasteiger partial charge in [0.2, 0.25) is 0 Å². The molecule has 0 saturated carbocycles. The van der Waals surface area contributed by atoms with Crippen molar-refractivity contribution in [2.45, 2.75) is 6.54 Å². The van der Waals surface area contributed by atoms with Gasteiger partial charge in [0, 0.05) is 18.3 Å². The molecule has 1 heterocycles. The minimum absolute atomic E-state index is 0.416. The van der Waals surface area contributed by atoms with Crippen molar-refractivity contribution in [3.63, 3.8) is 0 Å². The summed E-state index contributed by atoms with van der Waals surface area (Å²) in [5.41, 5.74) is 6.67. The Labute approximate surface area is 58.9 Å². The number of hydrogen-bond donors (Lipinski definition) is 1. The summed E-state index contributed by atoms with van der Waals surface area (Å²) in [6.07, 6.45) is 2.27. The summed E-state index contributed by atoms with van der Waals surface area (Å²) in [5, 5.41) is 0. The van der Waals surface area contributed by atoms with Gasteiger partial charge >= 0.3 is 0 Å². The highest BCUT2D eigenvalue weighted by atomic mass is 16.1. The number of pyridine rings is 1. The molecule has 1 aromatic heterocycles. The second-order valence-electron chi connectivity index (χ2n) is 1.90. The van der Waals surface area contributed by atoms with Crippen molar-refractivity contribution in [3.8, 4) is 0 Å². The summed E-state index contributed by atoms with van der Waals surface area (Å²) in [6, 6.07) is 3.44. The number of nitrogens with two attached hydrogens (primary N) is 1. The average Bonchev–Trinajstić information content (AvgIpc) is 2.05. The zero-order valence-electron chi connectivity index (χ0n) is 5.45. The molecule has 0 aliphatic heterocycles. The third kappa shape index (κ3) is 1.39. The van der Waals surface area contributed by atoms with Crippen LogP contribution in [0, 0.1) is 0 Å². The first-order valence-corrected chi connectivity index (χ1v) is 2.97. The molecule has 0 spiro atoms. The Morgan fingerprint density at radius 1 is 1.60 bits per heavy atom. The normalized spacial score (nSPS) is 9.30. The van der Waals surface area contributed by atoms with E-state index in [9.17, 15) is 4.79 Å². The van der Waals surface area contributed by atoms with Gasteiger partial charge in [-0.05, 0) is 12.1 Å². The topological polar surface area (TPSA) is 56.0 Å². The van der Waals surface area contributed by atoms with Gasteiger partial charge < -0.3 is 5.73 Å². The zero-order chi connectivity index (χ0) is 7.40. The fourth-order valence-electron chi connectivity index (χ4n) is 0.626. The maximum absolute atomic E-state index is 10.1. The molecule has 1 rings (SSSR count). The maximum atomic E-state index is 10.1. The van der Waals surface area contributed by atoms with Crippen molar-refractivity contribution >= 4 is 6.29 Å². The smallest absolute Gasteiger partial charge is 0.151 e. The van der Waals surface area contributed by atoms with E-state index in [-0.39, 0.29) is 0 Å². The average molecular weight is 136 g/mol. The number of hydrogen-bond acceptors (Lipinski definition) is 3. The fraction of sp³-hybridized carbons (Fsp3) is 0.143. The lowest BCUT2D eigenvalue weighted by Crippen LogP contribution is -1.98. The van der Waals surface area contributed by atoms with Gasteiger partial charge in [-0.2, -0.15) is 0 Å². The highest BCUT2D eigenvalue weighted by Gasteiger charge is 1.90.